The molecular weight excluding hydrogens is 288 g/mol. The molecule has 1 aliphatic rings. The summed E-state index contributed by atoms with van der Waals surface area (Å²) in [4.78, 5) is 13.3. The average Bonchev–Trinajstić information content (AvgIpc) is 2.56. The van der Waals surface area contributed by atoms with Gasteiger partial charge in [0.25, 0.3) is 0 Å². The average molecular weight is 310 g/mol. The number of carbonyl (C=O) groups is 1. The second-order valence-electron chi connectivity index (χ2n) is 6.20. The summed E-state index contributed by atoms with van der Waals surface area (Å²) >= 11 is 0. The van der Waals surface area contributed by atoms with Crippen LogP contribution in [0.1, 0.15) is 28.8 Å². The summed E-state index contributed by atoms with van der Waals surface area (Å²) in [6.45, 7) is 1.93. The van der Waals surface area contributed by atoms with Gasteiger partial charge in [0, 0.05) is 13.1 Å². The van der Waals surface area contributed by atoms with Gasteiger partial charge in [-0.2, -0.15) is 0 Å². The molecule has 0 aliphatic carbocycles. The number of carboxylic acid groups (broad SMARTS) is 1. The Hall–Kier alpha value is -2.49. The largest absolute Gasteiger partial charge is 0.478 e. The normalized spacial score (nSPS) is 15.6. The van der Waals surface area contributed by atoms with Gasteiger partial charge < -0.3 is 15.7 Å². The lowest BCUT2D eigenvalue weighted by atomic mass is 9.90. The SMILES string of the molecule is Nc1cc(C(=O)O)ccc1N1CCC(Cc2ccccc2)CC1. The molecule has 4 heteroatoms. The Kier molecular flexibility index (Phi) is 4.51. The number of piperidine rings is 1. The van der Waals surface area contributed by atoms with Gasteiger partial charge in [0.2, 0.25) is 0 Å². The van der Waals surface area contributed by atoms with Gasteiger partial charge in [0.1, 0.15) is 0 Å². The first-order valence-electron chi connectivity index (χ1n) is 8.05. The highest BCUT2D eigenvalue weighted by Crippen LogP contribution is 2.30. The molecule has 0 amide bonds. The molecule has 1 saturated heterocycles. The number of benzene rings is 2. The van der Waals surface area contributed by atoms with Crippen LogP contribution in [0.15, 0.2) is 48.5 Å². The first-order valence-corrected chi connectivity index (χ1v) is 8.05. The first kappa shape index (κ1) is 15.4. The van der Waals surface area contributed by atoms with Gasteiger partial charge in [0.05, 0.1) is 16.9 Å². The van der Waals surface area contributed by atoms with Crippen molar-refractivity contribution < 1.29 is 9.90 Å². The van der Waals surface area contributed by atoms with Crippen LogP contribution in [0.4, 0.5) is 11.4 Å². The maximum atomic E-state index is 11.0. The topological polar surface area (TPSA) is 66.6 Å². The fourth-order valence-corrected chi connectivity index (χ4v) is 3.30. The van der Waals surface area contributed by atoms with Crippen molar-refractivity contribution in [3.8, 4) is 0 Å². The van der Waals surface area contributed by atoms with Crippen molar-refractivity contribution in [2.24, 2.45) is 5.92 Å². The highest BCUT2D eigenvalue weighted by molar-refractivity contribution is 5.90. The van der Waals surface area contributed by atoms with Crippen LogP contribution in [0.25, 0.3) is 0 Å². The summed E-state index contributed by atoms with van der Waals surface area (Å²) in [7, 11) is 0. The van der Waals surface area contributed by atoms with Crippen molar-refractivity contribution in [1.29, 1.82) is 0 Å². The molecule has 0 bridgehead atoms. The molecule has 23 heavy (non-hydrogen) atoms. The Bertz CT molecular complexity index is 677. The lowest BCUT2D eigenvalue weighted by molar-refractivity contribution is 0.0697. The lowest BCUT2D eigenvalue weighted by Crippen LogP contribution is -2.34. The van der Waals surface area contributed by atoms with Gasteiger partial charge in [-0.25, -0.2) is 4.79 Å². The van der Waals surface area contributed by atoms with Crippen LogP contribution in [0.2, 0.25) is 0 Å². The Morgan fingerprint density at radius 1 is 1.13 bits per heavy atom. The molecule has 3 rings (SSSR count). The third-order valence-electron chi connectivity index (χ3n) is 4.60. The molecule has 0 aromatic heterocycles. The standard InChI is InChI=1S/C19H22N2O2/c20-17-13-16(19(22)23)6-7-18(17)21-10-8-15(9-11-21)12-14-4-2-1-3-5-14/h1-7,13,15H,8-12,20H2,(H,22,23). The minimum atomic E-state index is -0.940. The second kappa shape index (κ2) is 6.73. The summed E-state index contributed by atoms with van der Waals surface area (Å²) in [6.07, 6.45) is 3.39. The van der Waals surface area contributed by atoms with Crippen LogP contribution >= 0.6 is 0 Å². The zero-order valence-electron chi connectivity index (χ0n) is 13.1. The van der Waals surface area contributed by atoms with Crippen molar-refractivity contribution in [2.75, 3.05) is 23.7 Å². The van der Waals surface area contributed by atoms with Crippen LogP contribution in [0.3, 0.4) is 0 Å². The van der Waals surface area contributed by atoms with Crippen molar-refractivity contribution in [3.05, 3.63) is 59.7 Å². The molecule has 3 N–H and O–H groups in total. The number of hydrogen-bond acceptors (Lipinski definition) is 3. The number of anilines is 2. The highest BCUT2D eigenvalue weighted by atomic mass is 16.4. The van der Waals surface area contributed by atoms with E-state index in [0.29, 0.717) is 11.6 Å². The fourth-order valence-electron chi connectivity index (χ4n) is 3.30. The predicted octanol–water partition coefficient (Wildman–Crippen LogP) is 3.43. The molecule has 0 atom stereocenters. The number of nitrogens with two attached hydrogens (primary N) is 1. The Balaban J connectivity index is 1.62. The van der Waals surface area contributed by atoms with E-state index in [0.717, 1.165) is 38.0 Å². The van der Waals surface area contributed by atoms with E-state index in [1.54, 1.807) is 12.1 Å². The second-order valence-corrected chi connectivity index (χ2v) is 6.20. The van der Waals surface area contributed by atoms with Crippen molar-refractivity contribution in [1.82, 2.24) is 0 Å². The molecule has 0 spiro atoms. The van der Waals surface area contributed by atoms with Gasteiger partial charge in [-0.3, -0.25) is 0 Å². The predicted molar refractivity (Wildman–Crippen MR) is 92.9 cm³/mol. The Labute approximate surface area is 136 Å². The quantitative estimate of drug-likeness (QED) is 0.849. The van der Waals surface area contributed by atoms with E-state index in [4.69, 9.17) is 10.8 Å². The first-order chi connectivity index (χ1) is 11.1. The molecule has 2 aromatic carbocycles. The third-order valence-corrected chi connectivity index (χ3v) is 4.60. The van der Waals surface area contributed by atoms with Gasteiger partial charge >= 0.3 is 5.97 Å². The summed E-state index contributed by atoms with van der Waals surface area (Å²) in [5.74, 6) is -0.238. The number of aromatic carboxylic acids is 1. The maximum absolute atomic E-state index is 11.0. The van der Waals surface area contributed by atoms with Gasteiger partial charge in [0.15, 0.2) is 0 Å². The van der Waals surface area contributed by atoms with Gasteiger partial charge in [-0.05, 0) is 48.9 Å². The molecular formula is C19H22N2O2. The molecule has 4 nitrogen and oxygen atoms in total. The minimum Gasteiger partial charge on any atom is -0.478 e. The Morgan fingerprint density at radius 2 is 1.83 bits per heavy atom. The molecule has 120 valence electrons. The van der Waals surface area contributed by atoms with Crippen molar-refractivity contribution in [2.45, 2.75) is 19.3 Å². The number of nitrogen functional groups attached to an aromatic ring is 1. The lowest BCUT2D eigenvalue weighted by Gasteiger charge is -2.34. The number of nitrogens with zero attached hydrogens (tertiary/aromatic N) is 1. The molecule has 2 aromatic rings. The summed E-state index contributed by atoms with van der Waals surface area (Å²) in [5.41, 5.74) is 9.18. The molecule has 1 fully saturated rings. The van der Waals surface area contributed by atoms with Crippen LogP contribution in [-0.2, 0) is 6.42 Å². The number of hydrogen-bond donors (Lipinski definition) is 2. The zero-order chi connectivity index (χ0) is 16.2. The number of rotatable bonds is 4. The van der Waals surface area contributed by atoms with E-state index in [1.807, 2.05) is 6.07 Å². The third kappa shape index (κ3) is 3.65. The van der Waals surface area contributed by atoms with Crippen LogP contribution in [-0.4, -0.2) is 24.2 Å². The van der Waals surface area contributed by atoms with E-state index in [9.17, 15) is 4.79 Å². The highest BCUT2D eigenvalue weighted by Gasteiger charge is 2.21. The Morgan fingerprint density at radius 3 is 2.43 bits per heavy atom. The maximum Gasteiger partial charge on any atom is 0.335 e. The van der Waals surface area contributed by atoms with E-state index >= 15 is 0 Å². The van der Waals surface area contributed by atoms with Crippen LogP contribution in [0.5, 0.6) is 0 Å². The molecule has 1 heterocycles. The molecule has 1 aliphatic heterocycles. The van der Waals surface area contributed by atoms with Crippen LogP contribution < -0.4 is 10.6 Å². The van der Waals surface area contributed by atoms with E-state index in [-0.39, 0.29) is 5.56 Å². The summed E-state index contributed by atoms with van der Waals surface area (Å²) in [6, 6.07) is 15.6. The molecule has 0 unspecified atom stereocenters. The minimum absolute atomic E-state index is 0.241. The summed E-state index contributed by atoms with van der Waals surface area (Å²) < 4.78 is 0. The van der Waals surface area contributed by atoms with E-state index in [1.165, 1.54) is 5.56 Å². The van der Waals surface area contributed by atoms with Crippen molar-refractivity contribution in [3.63, 3.8) is 0 Å². The fraction of sp³-hybridized carbons (Fsp3) is 0.316. The summed E-state index contributed by atoms with van der Waals surface area (Å²) in [5, 5.41) is 9.02. The molecule has 0 saturated carbocycles. The van der Waals surface area contributed by atoms with E-state index in [2.05, 4.69) is 35.2 Å². The zero-order valence-corrected chi connectivity index (χ0v) is 13.1. The van der Waals surface area contributed by atoms with Crippen LogP contribution in [0, 0.1) is 5.92 Å². The number of carboxylic acids is 1. The van der Waals surface area contributed by atoms with E-state index < -0.39 is 5.97 Å². The molecule has 0 radical (unpaired) electrons. The monoisotopic (exact) mass is 310 g/mol. The van der Waals surface area contributed by atoms with Gasteiger partial charge in [-0.1, -0.05) is 30.3 Å². The van der Waals surface area contributed by atoms with Crippen molar-refractivity contribution >= 4 is 17.3 Å². The smallest absolute Gasteiger partial charge is 0.335 e. The van der Waals surface area contributed by atoms with Gasteiger partial charge in [-0.15, -0.1) is 0 Å².